The van der Waals surface area contributed by atoms with E-state index in [-0.39, 0.29) is 11.6 Å². The van der Waals surface area contributed by atoms with Gasteiger partial charge in [0.25, 0.3) is 5.69 Å². The molecule has 0 spiro atoms. The van der Waals surface area contributed by atoms with Crippen LogP contribution in [-0.4, -0.2) is 21.8 Å². The lowest BCUT2D eigenvalue weighted by Crippen LogP contribution is -2.18. The van der Waals surface area contributed by atoms with Gasteiger partial charge in [0.2, 0.25) is 5.91 Å². The Hall–Kier alpha value is -1.56. The summed E-state index contributed by atoms with van der Waals surface area (Å²) in [5.74, 6) is 0.321. The molecular weight excluding hydrogens is 288 g/mol. The van der Waals surface area contributed by atoms with Crippen LogP contribution in [0.2, 0.25) is 0 Å². The number of non-ortho nitro benzene ring substituents is 1. The number of aryl methyl sites for hydroxylation is 1. The van der Waals surface area contributed by atoms with E-state index in [0.29, 0.717) is 16.7 Å². The van der Waals surface area contributed by atoms with Crippen LogP contribution < -0.4 is 5.32 Å². The lowest BCUT2D eigenvalue weighted by atomic mass is 10.0. The zero-order valence-corrected chi connectivity index (χ0v) is 12.9. The molecule has 6 heteroatoms. The van der Waals surface area contributed by atoms with Crippen molar-refractivity contribution in [2.75, 3.05) is 11.1 Å². The van der Waals surface area contributed by atoms with Crippen LogP contribution in [-0.2, 0) is 4.79 Å². The number of benzene rings is 1. The zero-order valence-electron chi connectivity index (χ0n) is 12.1. The Labute approximate surface area is 128 Å². The number of carbonyl (C=O) groups excluding carboxylic acids is 1. The fourth-order valence-corrected chi connectivity index (χ4v) is 3.60. The lowest BCUT2D eigenvalue weighted by molar-refractivity contribution is -0.384. The molecule has 114 valence electrons. The fourth-order valence-electron chi connectivity index (χ4n) is 2.47. The van der Waals surface area contributed by atoms with Crippen molar-refractivity contribution in [1.82, 2.24) is 0 Å². The molecule has 0 unspecified atom stereocenters. The number of nitro groups is 1. The molecule has 5 nitrogen and oxygen atoms in total. The van der Waals surface area contributed by atoms with Gasteiger partial charge in [-0.3, -0.25) is 14.9 Å². The van der Waals surface area contributed by atoms with Gasteiger partial charge in [-0.05, 0) is 25.3 Å². The number of anilines is 1. The molecule has 0 saturated heterocycles. The number of hydrogen-bond acceptors (Lipinski definition) is 4. The second-order valence-corrected chi connectivity index (χ2v) is 6.66. The molecule has 0 atom stereocenters. The van der Waals surface area contributed by atoms with Gasteiger partial charge < -0.3 is 5.32 Å². The van der Waals surface area contributed by atoms with Crippen molar-refractivity contribution in [2.24, 2.45) is 0 Å². The van der Waals surface area contributed by atoms with Gasteiger partial charge in [0.05, 0.1) is 16.4 Å². The van der Waals surface area contributed by atoms with E-state index in [0.717, 1.165) is 5.56 Å². The Balaban J connectivity index is 1.89. The second-order valence-electron chi connectivity index (χ2n) is 5.38. The van der Waals surface area contributed by atoms with Crippen LogP contribution in [0.1, 0.15) is 37.7 Å². The van der Waals surface area contributed by atoms with Crippen LogP contribution in [0, 0.1) is 17.0 Å². The highest BCUT2D eigenvalue weighted by Crippen LogP contribution is 2.28. The summed E-state index contributed by atoms with van der Waals surface area (Å²) in [7, 11) is 0. The third-order valence-electron chi connectivity index (χ3n) is 3.71. The summed E-state index contributed by atoms with van der Waals surface area (Å²) in [4.78, 5) is 22.3. The lowest BCUT2D eigenvalue weighted by Gasteiger charge is -2.20. The number of amides is 1. The van der Waals surface area contributed by atoms with Crippen LogP contribution in [0.25, 0.3) is 0 Å². The number of nitro benzene ring substituents is 1. The van der Waals surface area contributed by atoms with E-state index < -0.39 is 4.92 Å². The quantitative estimate of drug-likeness (QED) is 0.661. The second kappa shape index (κ2) is 7.45. The molecule has 0 bridgehead atoms. The minimum Gasteiger partial charge on any atom is -0.325 e. The Kier molecular flexibility index (Phi) is 5.61. The summed E-state index contributed by atoms with van der Waals surface area (Å²) in [6.45, 7) is 1.83. The molecule has 1 N–H and O–H groups in total. The molecule has 1 aliphatic rings. The average molecular weight is 308 g/mol. The van der Waals surface area contributed by atoms with Crippen molar-refractivity contribution in [2.45, 2.75) is 44.3 Å². The van der Waals surface area contributed by atoms with Crippen LogP contribution in [0.5, 0.6) is 0 Å². The largest absolute Gasteiger partial charge is 0.325 e. The van der Waals surface area contributed by atoms with E-state index in [4.69, 9.17) is 0 Å². The van der Waals surface area contributed by atoms with Gasteiger partial charge in [0.15, 0.2) is 0 Å². The maximum Gasteiger partial charge on any atom is 0.271 e. The average Bonchev–Trinajstić information content (AvgIpc) is 2.48. The first kappa shape index (κ1) is 15.8. The molecule has 1 aromatic rings. The van der Waals surface area contributed by atoms with Crippen molar-refractivity contribution in [1.29, 1.82) is 0 Å². The van der Waals surface area contributed by atoms with E-state index in [1.807, 2.05) is 6.92 Å². The molecule has 0 aromatic heterocycles. The summed E-state index contributed by atoms with van der Waals surface area (Å²) in [6, 6.07) is 4.52. The predicted molar refractivity (Wildman–Crippen MR) is 85.8 cm³/mol. The van der Waals surface area contributed by atoms with E-state index in [2.05, 4.69) is 5.32 Å². The standard InChI is InChI=1S/C15H20N2O3S/c1-11-7-8-12(17(19)20)9-14(11)16-15(18)10-21-13-5-3-2-4-6-13/h7-9,13H,2-6,10H2,1H3,(H,16,18). The molecular formula is C15H20N2O3S. The smallest absolute Gasteiger partial charge is 0.271 e. The van der Waals surface area contributed by atoms with Gasteiger partial charge in [0.1, 0.15) is 0 Å². The third kappa shape index (κ3) is 4.74. The highest BCUT2D eigenvalue weighted by Gasteiger charge is 2.16. The van der Waals surface area contributed by atoms with Gasteiger partial charge in [0, 0.05) is 17.4 Å². The van der Waals surface area contributed by atoms with Crippen LogP contribution in [0.3, 0.4) is 0 Å². The molecule has 0 aliphatic heterocycles. The number of rotatable bonds is 5. The van der Waals surface area contributed by atoms with Crippen LogP contribution in [0.4, 0.5) is 11.4 Å². The zero-order chi connectivity index (χ0) is 15.2. The van der Waals surface area contributed by atoms with Gasteiger partial charge in [-0.1, -0.05) is 25.3 Å². The Morgan fingerprint density at radius 2 is 2.10 bits per heavy atom. The molecule has 0 radical (unpaired) electrons. The summed E-state index contributed by atoms with van der Waals surface area (Å²) in [5, 5.41) is 14.1. The van der Waals surface area contributed by atoms with Gasteiger partial charge in [-0.25, -0.2) is 0 Å². The first-order valence-corrected chi connectivity index (χ1v) is 8.27. The predicted octanol–water partition coefficient (Wildman–Crippen LogP) is 3.91. The maximum absolute atomic E-state index is 12.0. The minimum atomic E-state index is -0.453. The van der Waals surface area contributed by atoms with Crippen molar-refractivity contribution in [3.05, 3.63) is 33.9 Å². The molecule has 1 amide bonds. The molecule has 1 aliphatic carbocycles. The normalized spacial score (nSPS) is 15.7. The summed E-state index contributed by atoms with van der Waals surface area (Å²) in [5.41, 5.74) is 1.35. The first-order valence-electron chi connectivity index (χ1n) is 7.23. The van der Waals surface area contributed by atoms with E-state index in [1.54, 1.807) is 17.8 Å². The fraction of sp³-hybridized carbons (Fsp3) is 0.533. The van der Waals surface area contributed by atoms with Crippen LogP contribution >= 0.6 is 11.8 Å². The summed E-state index contributed by atoms with van der Waals surface area (Å²) < 4.78 is 0. The molecule has 0 heterocycles. The molecule has 21 heavy (non-hydrogen) atoms. The summed E-state index contributed by atoms with van der Waals surface area (Å²) >= 11 is 1.70. The van der Waals surface area contributed by atoms with E-state index >= 15 is 0 Å². The van der Waals surface area contributed by atoms with Gasteiger partial charge in [-0.2, -0.15) is 0 Å². The monoisotopic (exact) mass is 308 g/mol. The third-order valence-corrected chi connectivity index (χ3v) is 5.08. The van der Waals surface area contributed by atoms with Crippen molar-refractivity contribution in [3.63, 3.8) is 0 Å². The van der Waals surface area contributed by atoms with Crippen LogP contribution in [0.15, 0.2) is 18.2 Å². The highest BCUT2D eigenvalue weighted by atomic mass is 32.2. The number of carbonyl (C=O) groups is 1. The minimum absolute atomic E-state index is 0.00386. The number of nitrogens with one attached hydrogen (secondary N) is 1. The Morgan fingerprint density at radius 1 is 1.38 bits per heavy atom. The van der Waals surface area contributed by atoms with E-state index in [1.165, 1.54) is 44.2 Å². The van der Waals surface area contributed by atoms with Gasteiger partial charge >= 0.3 is 0 Å². The Bertz CT molecular complexity index is 528. The maximum atomic E-state index is 12.0. The van der Waals surface area contributed by atoms with Crippen molar-refractivity contribution >= 4 is 29.0 Å². The first-order chi connectivity index (χ1) is 10.1. The Morgan fingerprint density at radius 3 is 2.76 bits per heavy atom. The number of hydrogen-bond donors (Lipinski definition) is 1. The molecule has 2 rings (SSSR count). The topological polar surface area (TPSA) is 72.2 Å². The van der Waals surface area contributed by atoms with E-state index in [9.17, 15) is 14.9 Å². The SMILES string of the molecule is Cc1ccc([N+](=O)[O-])cc1NC(=O)CSC1CCCCC1. The molecule has 1 fully saturated rings. The molecule has 1 aromatic carbocycles. The highest BCUT2D eigenvalue weighted by molar-refractivity contribution is 8.00. The number of thioether (sulfide) groups is 1. The van der Waals surface area contributed by atoms with Crippen molar-refractivity contribution < 1.29 is 9.72 Å². The number of nitrogens with zero attached hydrogens (tertiary/aromatic N) is 1. The van der Waals surface area contributed by atoms with Crippen molar-refractivity contribution in [3.8, 4) is 0 Å². The summed E-state index contributed by atoms with van der Waals surface area (Å²) in [6.07, 6.45) is 6.18. The van der Waals surface area contributed by atoms with Gasteiger partial charge in [-0.15, -0.1) is 11.8 Å². The molecule has 1 saturated carbocycles.